The summed E-state index contributed by atoms with van der Waals surface area (Å²) in [5.41, 5.74) is 1.16. The molecule has 1 aromatic heterocycles. The highest BCUT2D eigenvalue weighted by Gasteiger charge is 2.24. The van der Waals surface area contributed by atoms with Gasteiger partial charge < -0.3 is 10.6 Å². The van der Waals surface area contributed by atoms with E-state index in [1.54, 1.807) is 0 Å². The molecule has 3 rings (SSSR count). The summed E-state index contributed by atoms with van der Waals surface area (Å²) < 4.78 is 39.7. The van der Waals surface area contributed by atoms with Crippen molar-refractivity contribution in [3.63, 3.8) is 0 Å². The van der Waals surface area contributed by atoms with Crippen LogP contribution in [0.15, 0.2) is 12.1 Å². The van der Waals surface area contributed by atoms with Gasteiger partial charge in [-0.1, -0.05) is 6.92 Å². The largest absolute Gasteiger partial charge is 0.374 e. The molecule has 4 nitrogen and oxygen atoms in total. The number of nitriles is 1. The van der Waals surface area contributed by atoms with Crippen LogP contribution in [0.5, 0.6) is 0 Å². The molecule has 1 aliphatic rings. The minimum absolute atomic E-state index is 0.307. The van der Waals surface area contributed by atoms with Gasteiger partial charge in [-0.3, -0.25) is 4.79 Å². The van der Waals surface area contributed by atoms with Gasteiger partial charge in [0.05, 0.1) is 17.8 Å². The van der Waals surface area contributed by atoms with Crippen molar-refractivity contribution in [2.75, 3.05) is 17.2 Å². The van der Waals surface area contributed by atoms with Crippen LogP contribution >= 0.6 is 11.3 Å². The molecular formula is C18H16F3N3OS. The van der Waals surface area contributed by atoms with Gasteiger partial charge >= 0.3 is 0 Å². The number of carbonyl (C=O) groups excluding carboxylic acids is 1. The lowest BCUT2D eigenvalue weighted by atomic mass is 9.89. The van der Waals surface area contributed by atoms with Gasteiger partial charge in [-0.2, -0.15) is 5.26 Å². The Morgan fingerprint density at radius 1 is 1.35 bits per heavy atom. The Morgan fingerprint density at radius 3 is 2.85 bits per heavy atom. The zero-order valence-electron chi connectivity index (χ0n) is 14.0. The summed E-state index contributed by atoms with van der Waals surface area (Å²) in [4.78, 5) is 13.2. The molecule has 1 heterocycles. The Labute approximate surface area is 152 Å². The maximum Gasteiger partial charge on any atom is 0.244 e. The summed E-state index contributed by atoms with van der Waals surface area (Å²) in [6, 6.07) is 3.94. The van der Waals surface area contributed by atoms with Crippen molar-refractivity contribution in [2.45, 2.75) is 26.2 Å². The van der Waals surface area contributed by atoms with Gasteiger partial charge in [-0.25, -0.2) is 13.2 Å². The molecule has 0 spiro atoms. The van der Waals surface area contributed by atoms with Crippen LogP contribution in [0.3, 0.4) is 0 Å². The molecule has 0 unspecified atom stereocenters. The molecule has 0 bridgehead atoms. The average Bonchev–Trinajstić information content (AvgIpc) is 2.94. The van der Waals surface area contributed by atoms with E-state index in [4.69, 9.17) is 0 Å². The van der Waals surface area contributed by atoms with Crippen LogP contribution in [0.4, 0.5) is 23.9 Å². The second-order valence-corrected chi connectivity index (χ2v) is 7.40. The molecule has 1 atom stereocenters. The van der Waals surface area contributed by atoms with Gasteiger partial charge in [0.15, 0.2) is 17.5 Å². The molecule has 0 aliphatic heterocycles. The van der Waals surface area contributed by atoms with Crippen LogP contribution < -0.4 is 10.6 Å². The number of nitrogens with zero attached hydrogens (tertiary/aromatic N) is 1. The van der Waals surface area contributed by atoms with Gasteiger partial charge in [0.2, 0.25) is 5.91 Å². The molecule has 8 heteroatoms. The summed E-state index contributed by atoms with van der Waals surface area (Å²) in [6.07, 6.45) is 2.69. The van der Waals surface area contributed by atoms with E-state index in [9.17, 15) is 23.2 Å². The van der Waals surface area contributed by atoms with Gasteiger partial charge in [-0.05, 0) is 42.9 Å². The van der Waals surface area contributed by atoms with E-state index >= 15 is 0 Å². The SMILES string of the molecule is C[C@H]1CCc2c(sc(NC(=O)CNc3ccc(F)c(F)c3F)c2C#N)C1. The van der Waals surface area contributed by atoms with E-state index in [0.717, 1.165) is 41.8 Å². The number of nitrogens with one attached hydrogen (secondary N) is 2. The van der Waals surface area contributed by atoms with Crippen molar-refractivity contribution in [2.24, 2.45) is 5.92 Å². The number of carbonyl (C=O) groups is 1. The zero-order valence-corrected chi connectivity index (χ0v) is 14.8. The van der Waals surface area contributed by atoms with Gasteiger partial charge in [0.25, 0.3) is 0 Å². The van der Waals surface area contributed by atoms with Crippen LogP contribution in [0.2, 0.25) is 0 Å². The Hall–Kier alpha value is -2.53. The highest BCUT2D eigenvalue weighted by Crippen LogP contribution is 2.39. The monoisotopic (exact) mass is 379 g/mol. The third-order valence-corrected chi connectivity index (χ3v) is 5.52. The average molecular weight is 379 g/mol. The fourth-order valence-electron chi connectivity index (χ4n) is 2.97. The lowest BCUT2D eigenvalue weighted by Crippen LogP contribution is -2.22. The first-order valence-electron chi connectivity index (χ1n) is 8.12. The number of rotatable bonds is 4. The van der Waals surface area contributed by atoms with E-state index in [1.807, 2.05) is 0 Å². The lowest BCUT2D eigenvalue weighted by Gasteiger charge is -2.17. The van der Waals surface area contributed by atoms with Crippen LogP contribution in [-0.4, -0.2) is 12.5 Å². The maximum absolute atomic E-state index is 13.6. The normalized spacial score (nSPS) is 15.9. The summed E-state index contributed by atoms with van der Waals surface area (Å²) in [7, 11) is 0. The van der Waals surface area contributed by atoms with E-state index in [-0.39, 0.29) is 12.2 Å². The number of halogens is 3. The quantitative estimate of drug-likeness (QED) is 0.782. The standard InChI is InChI=1S/C18H16F3N3OS/c1-9-2-3-10-11(7-22)18(26-14(10)6-9)24-15(25)8-23-13-5-4-12(19)16(20)17(13)21/h4-5,9,23H,2-3,6,8H2,1H3,(H,24,25)/t9-/m0/s1. The first-order chi connectivity index (χ1) is 12.4. The number of amides is 1. The summed E-state index contributed by atoms with van der Waals surface area (Å²) in [5.74, 6) is -4.24. The second-order valence-electron chi connectivity index (χ2n) is 6.29. The molecule has 136 valence electrons. The predicted molar refractivity (Wildman–Crippen MR) is 93.7 cm³/mol. The predicted octanol–water partition coefficient (Wildman–Crippen LogP) is 4.21. The van der Waals surface area contributed by atoms with Gasteiger partial charge in [0, 0.05) is 4.88 Å². The molecule has 1 aliphatic carbocycles. The third kappa shape index (κ3) is 3.53. The van der Waals surface area contributed by atoms with E-state index in [0.29, 0.717) is 16.5 Å². The summed E-state index contributed by atoms with van der Waals surface area (Å²) in [5, 5.41) is 15.0. The van der Waals surface area contributed by atoms with Crippen molar-refractivity contribution in [3.05, 3.63) is 45.6 Å². The first-order valence-corrected chi connectivity index (χ1v) is 8.94. The van der Waals surface area contributed by atoms with Crippen molar-refractivity contribution in [1.82, 2.24) is 0 Å². The van der Waals surface area contributed by atoms with Crippen LogP contribution in [0.25, 0.3) is 0 Å². The Bertz CT molecular complexity index is 904. The number of thiophene rings is 1. The molecule has 0 saturated heterocycles. The smallest absolute Gasteiger partial charge is 0.244 e. The number of benzene rings is 1. The lowest BCUT2D eigenvalue weighted by molar-refractivity contribution is -0.114. The minimum atomic E-state index is -1.60. The fourth-order valence-corrected chi connectivity index (χ4v) is 4.34. The molecule has 26 heavy (non-hydrogen) atoms. The fraction of sp³-hybridized carbons (Fsp3) is 0.333. The van der Waals surface area contributed by atoms with Crippen LogP contribution in [-0.2, 0) is 17.6 Å². The van der Waals surface area contributed by atoms with E-state index in [1.165, 1.54) is 11.3 Å². The molecule has 0 fully saturated rings. The number of anilines is 2. The topological polar surface area (TPSA) is 64.9 Å². The molecule has 1 aromatic carbocycles. The number of fused-ring (bicyclic) bond motifs is 1. The van der Waals surface area contributed by atoms with Crippen molar-refractivity contribution in [1.29, 1.82) is 5.26 Å². The number of hydrogen-bond donors (Lipinski definition) is 2. The first kappa shape index (κ1) is 18.3. The second kappa shape index (κ2) is 7.38. The molecule has 2 aromatic rings. The summed E-state index contributed by atoms with van der Waals surface area (Å²) >= 11 is 1.38. The molecule has 2 N–H and O–H groups in total. The van der Waals surface area contributed by atoms with Crippen molar-refractivity contribution < 1.29 is 18.0 Å². The van der Waals surface area contributed by atoms with Gasteiger partial charge in [0.1, 0.15) is 11.1 Å². The highest BCUT2D eigenvalue weighted by atomic mass is 32.1. The van der Waals surface area contributed by atoms with Crippen LogP contribution in [0.1, 0.15) is 29.3 Å². The summed E-state index contributed by atoms with van der Waals surface area (Å²) in [6.45, 7) is 1.80. The molecule has 0 saturated carbocycles. The third-order valence-electron chi connectivity index (χ3n) is 4.35. The molecule has 0 radical (unpaired) electrons. The van der Waals surface area contributed by atoms with E-state index < -0.39 is 23.4 Å². The Kier molecular flexibility index (Phi) is 5.18. The highest BCUT2D eigenvalue weighted by molar-refractivity contribution is 7.16. The minimum Gasteiger partial charge on any atom is -0.374 e. The number of hydrogen-bond acceptors (Lipinski definition) is 4. The maximum atomic E-state index is 13.6. The molecule has 1 amide bonds. The Balaban J connectivity index is 1.70. The van der Waals surface area contributed by atoms with Crippen LogP contribution in [0, 0.1) is 34.7 Å². The Morgan fingerprint density at radius 2 is 2.12 bits per heavy atom. The van der Waals surface area contributed by atoms with Crippen molar-refractivity contribution in [3.8, 4) is 6.07 Å². The van der Waals surface area contributed by atoms with Crippen molar-refractivity contribution >= 4 is 27.9 Å². The zero-order chi connectivity index (χ0) is 18.8. The van der Waals surface area contributed by atoms with E-state index in [2.05, 4.69) is 23.6 Å². The molecular weight excluding hydrogens is 363 g/mol. The van der Waals surface area contributed by atoms with Gasteiger partial charge in [-0.15, -0.1) is 11.3 Å².